The molecule has 0 aliphatic carbocycles. The van der Waals surface area contributed by atoms with Gasteiger partial charge in [0.05, 0.1) is 0 Å². The van der Waals surface area contributed by atoms with E-state index in [1.807, 2.05) is 0 Å². The molecule has 0 heterocycles. The predicted molar refractivity (Wildman–Crippen MR) is 101 cm³/mol. The fraction of sp³-hybridized carbons (Fsp3) is 0.900. The largest absolute Gasteiger partial charge is 0.405 e. The summed E-state index contributed by atoms with van der Waals surface area (Å²) >= 11 is 0. The molecule has 0 unspecified atom stereocenters. The Kier molecular flexibility index (Phi) is 27.5. The van der Waals surface area contributed by atoms with Crippen LogP contribution in [0.3, 0.4) is 0 Å². The lowest BCUT2D eigenvalue weighted by atomic mass is 10.0. The van der Waals surface area contributed by atoms with Crippen molar-refractivity contribution in [1.82, 2.24) is 0 Å². The smallest absolute Gasteiger partial charge is 0.0402 e. The van der Waals surface area contributed by atoms with Crippen LogP contribution in [0.4, 0.5) is 0 Å². The maximum Gasteiger partial charge on any atom is 0.0402 e. The molecule has 2 nitrogen and oxygen atoms in total. The van der Waals surface area contributed by atoms with Crippen molar-refractivity contribution in [2.75, 3.05) is 6.61 Å². The van der Waals surface area contributed by atoms with Crippen LogP contribution in [0.2, 0.25) is 0 Å². The highest BCUT2D eigenvalue weighted by atomic mass is 16.2. The quantitative estimate of drug-likeness (QED) is 0.347. The molecule has 22 heavy (non-hydrogen) atoms. The van der Waals surface area contributed by atoms with Gasteiger partial charge < -0.3 is 10.8 Å². The van der Waals surface area contributed by atoms with E-state index in [4.69, 9.17) is 10.8 Å². The molecule has 0 aromatic rings. The Morgan fingerprint density at radius 1 is 0.636 bits per heavy atom. The van der Waals surface area contributed by atoms with E-state index in [-0.39, 0.29) is 6.61 Å². The minimum atomic E-state index is 0.250. The third-order valence-electron chi connectivity index (χ3n) is 3.86. The van der Waals surface area contributed by atoms with Crippen LogP contribution in [0.5, 0.6) is 0 Å². The van der Waals surface area contributed by atoms with Gasteiger partial charge in [0.2, 0.25) is 0 Å². The minimum Gasteiger partial charge on any atom is -0.405 e. The van der Waals surface area contributed by atoms with Gasteiger partial charge in [-0.3, -0.25) is 0 Å². The molecule has 0 spiro atoms. The molecule has 0 fully saturated rings. The van der Waals surface area contributed by atoms with Crippen molar-refractivity contribution < 1.29 is 5.11 Å². The summed E-state index contributed by atoms with van der Waals surface area (Å²) in [6, 6.07) is 0. The lowest BCUT2D eigenvalue weighted by molar-refractivity contribution is 0.318. The van der Waals surface area contributed by atoms with Crippen molar-refractivity contribution in [2.45, 2.75) is 110 Å². The van der Waals surface area contributed by atoms with Crippen molar-refractivity contribution in [2.24, 2.45) is 5.73 Å². The number of rotatable bonds is 15. The van der Waals surface area contributed by atoms with Gasteiger partial charge in [-0.1, -0.05) is 96.5 Å². The van der Waals surface area contributed by atoms with Crippen LogP contribution in [-0.4, -0.2) is 11.7 Å². The van der Waals surface area contributed by atoms with Gasteiger partial charge in [-0.15, -0.1) is 0 Å². The van der Waals surface area contributed by atoms with Crippen molar-refractivity contribution in [3.63, 3.8) is 0 Å². The topological polar surface area (TPSA) is 46.2 Å². The summed E-state index contributed by atoms with van der Waals surface area (Å²) in [5.74, 6) is 0. The van der Waals surface area contributed by atoms with E-state index in [1.54, 1.807) is 13.1 Å². The monoisotopic (exact) mass is 313 g/mol. The summed E-state index contributed by atoms with van der Waals surface area (Å²) in [6.45, 7) is 4.22. The molecule has 0 saturated carbocycles. The Balaban J connectivity index is 0. The van der Waals surface area contributed by atoms with Gasteiger partial charge in [-0.05, 0) is 26.0 Å². The number of aliphatic hydroxyl groups is 1. The van der Waals surface area contributed by atoms with Crippen molar-refractivity contribution in [1.29, 1.82) is 0 Å². The molecule has 0 rings (SSSR count). The zero-order chi connectivity index (χ0) is 16.7. The van der Waals surface area contributed by atoms with Gasteiger partial charge in [0, 0.05) is 6.61 Å². The van der Waals surface area contributed by atoms with Crippen LogP contribution in [-0.2, 0) is 0 Å². The fourth-order valence-corrected chi connectivity index (χ4v) is 2.55. The minimum absolute atomic E-state index is 0.250. The second-order valence-electron chi connectivity index (χ2n) is 6.13. The summed E-state index contributed by atoms with van der Waals surface area (Å²) in [5, 5.41) is 7.57. The maximum absolute atomic E-state index is 7.57. The number of aliphatic hydroxyl groups excluding tert-OH is 1. The molecule has 134 valence electrons. The molecule has 0 aromatic carbocycles. The normalized spacial score (nSPS) is 10.7. The van der Waals surface area contributed by atoms with Crippen LogP contribution in [0.15, 0.2) is 12.3 Å². The molecule has 0 amide bonds. The average Bonchev–Trinajstić information content (AvgIpc) is 2.52. The van der Waals surface area contributed by atoms with E-state index in [9.17, 15) is 0 Å². The predicted octanol–water partition coefficient (Wildman–Crippen LogP) is 6.33. The summed E-state index contributed by atoms with van der Waals surface area (Å²) in [5.41, 5.74) is 5.30. The van der Waals surface area contributed by atoms with Gasteiger partial charge >= 0.3 is 0 Å². The van der Waals surface area contributed by atoms with E-state index in [2.05, 4.69) is 13.0 Å². The summed E-state index contributed by atoms with van der Waals surface area (Å²) in [4.78, 5) is 0. The standard InChI is InChI=1S/C18H37N.C2H6O/c1-2-3-4-5-6-7-8-9-10-11-12-13-14-15-16-17-18-19;1-2-3/h17-18H,2-16,19H2,1H3;3H,2H2,1H3. The first kappa shape index (κ1) is 23.8. The van der Waals surface area contributed by atoms with E-state index in [0.29, 0.717) is 0 Å². The Bertz CT molecular complexity index is 192. The Morgan fingerprint density at radius 3 is 1.27 bits per heavy atom. The Labute approximate surface area is 140 Å². The molecular weight excluding hydrogens is 270 g/mol. The third-order valence-corrected chi connectivity index (χ3v) is 3.86. The van der Waals surface area contributed by atoms with E-state index < -0.39 is 0 Å². The van der Waals surface area contributed by atoms with Gasteiger partial charge in [-0.2, -0.15) is 0 Å². The Hall–Kier alpha value is -0.500. The van der Waals surface area contributed by atoms with Crippen molar-refractivity contribution in [3.05, 3.63) is 12.3 Å². The van der Waals surface area contributed by atoms with Crippen LogP contribution >= 0.6 is 0 Å². The zero-order valence-corrected chi connectivity index (χ0v) is 15.5. The fourth-order valence-electron chi connectivity index (χ4n) is 2.55. The second-order valence-corrected chi connectivity index (χ2v) is 6.13. The molecule has 0 bridgehead atoms. The second kappa shape index (κ2) is 25.5. The average molecular weight is 314 g/mol. The highest BCUT2D eigenvalue weighted by Gasteiger charge is 1.93. The lowest BCUT2D eigenvalue weighted by Gasteiger charge is -2.02. The maximum atomic E-state index is 7.57. The molecule has 0 saturated heterocycles. The molecule has 0 radical (unpaired) electrons. The Morgan fingerprint density at radius 2 is 0.955 bits per heavy atom. The van der Waals surface area contributed by atoms with Gasteiger partial charge in [-0.25, -0.2) is 0 Å². The van der Waals surface area contributed by atoms with Crippen LogP contribution in [0, 0.1) is 0 Å². The first-order valence-electron chi connectivity index (χ1n) is 9.81. The SMILES string of the molecule is CCCCCCCCCCCCCCCCC=CN.CCO. The lowest BCUT2D eigenvalue weighted by Crippen LogP contribution is -1.83. The number of unbranched alkanes of at least 4 members (excludes halogenated alkanes) is 14. The number of hydrogen-bond donors (Lipinski definition) is 2. The highest BCUT2D eigenvalue weighted by Crippen LogP contribution is 2.13. The van der Waals surface area contributed by atoms with Crippen LogP contribution in [0.25, 0.3) is 0 Å². The molecular formula is C20H43NO. The summed E-state index contributed by atoms with van der Waals surface area (Å²) in [7, 11) is 0. The van der Waals surface area contributed by atoms with E-state index in [1.165, 1.54) is 89.9 Å². The molecule has 0 aliphatic heterocycles. The molecule has 0 aliphatic rings. The molecule has 0 atom stereocenters. The number of allylic oxidation sites excluding steroid dienone is 1. The highest BCUT2D eigenvalue weighted by molar-refractivity contribution is 4.74. The van der Waals surface area contributed by atoms with Crippen molar-refractivity contribution in [3.8, 4) is 0 Å². The van der Waals surface area contributed by atoms with E-state index >= 15 is 0 Å². The van der Waals surface area contributed by atoms with Gasteiger partial charge in [0.15, 0.2) is 0 Å². The molecule has 2 heteroatoms. The van der Waals surface area contributed by atoms with Gasteiger partial charge in [0.25, 0.3) is 0 Å². The van der Waals surface area contributed by atoms with Gasteiger partial charge in [0.1, 0.15) is 0 Å². The van der Waals surface area contributed by atoms with Crippen LogP contribution < -0.4 is 5.73 Å². The number of nitrogens with two attached hydrogens (primary N) is 1. The summed E-state index contributed by atoms with van der Waals surface area (Å²) < 4.78 is 0. The van der Waals surface area contributed by atoms with Crippen LogP contribution in [0.1, 0.15) is 110 Å². The first-order valence-corrected chi connectivity index (χ1v) is 9.81. The molecule has 0 aromatic heterocycles. The zero-order valence-electron chi connectivity index (χ0n) is 15.5. The van der Waals surface area contributed by atoms with Crippen molar-refractivity contribution >= 4 is 0 Å². The molecule has 3 N–H and O–H groups in total. The summed E-state index contributed by atoms with van der Waals surface area (Å²) in [6.07, 6.45) is 24.9. The van der Waals surface area contributed by atoms with E-state index in [0.717, 1.165) is 6.42 Å². The first-order chi connectivity index (χ1) is 10.8. The third kappa shape index (κ3) is 27.8. The number of hydrogen-bond acceptors (Lipinski definition) is 2.